The molecule has 1 aliphatic heterocycles. The third-order valence-electron chi connectivity index (χ3n) is 4.93. The molecule has 1 N–H and O–H groups in total. The summed E-state index contributed by atoms with van der Waals surface area (Å²) in [7, 11) is 0. The van der Waals surface area contributed by atoms with E-state index >= 15 is 0 Å². The van der Waals surface area contributed by atoms with Crippen molar-refractivity contribution in [2.45, 2.75) is 6.42 Å². The van der Waals surface area contributed by atoms with Gasteiger partial charge in [-0.15, -0.1) is 11.3 Å². The lowest BCUT2D eigenvalue weighted by Gasteiger charge is -2.13. The zero-order valence-corrected chi connectivity index (χ0v) is 21.4. The number of hydrogen-bond acceptors (Lipinski definition) is 8. The van der Waals surface area contributed by atoms with Gasteiger partial charge in [0.15, 0.2) is 11.7 Å². The number of nitrogens with zero attached hydrogens (tertiary/aromatic N) is 2. The standard InChI is InChI=1S/C26H21N3O4S3/c30-22(28-25-27-20(17-35-25)19-11-5-2-6-12-19)16-33-23(31)14-15-29-24(32)21(36-26(29)34)13-7-10-18-8-3-1-4-9-18/h1-13,17H,14-16H2,(H,27,28,30)/b10-7+,21-13+. The second-order valence-electron chi connectivity index (χ2n) is 7.49. The molecule has 0 radical (unpaired) electrons. The Kier molecular flexibility index (Phi) is 8.77. The van der Waals surface area contributed by atoms with Crippen molar-refractivity contribution in [3.8, 4) is 11.3 Å². The molecule has 4 rings (SSSR count). The van der Waals surface area contributed by atoms with E-state index in [1.165, 1.54) is 28.0 Å². The van der Waals surface area contributed by atoms with Gasteiger partial charge in [0.25, 0.3) is 11.8 Å². The van der Waals surface area contributed by atoms with Gasteiger partial charge in [-0.1, -0.05) is 96.8 Å². The highest BCUT2D eigenvalue weighted by molar-refractivity contribution is 8.26. The minimum atomic E-state index is -0.601. The molecule has 1 aliphatic rings. The summed E-state index contributed by atoms with van der Waals surface area (Å²) in [5.41, 5.74) is 2.71. The van der Waals surface area contributed by atoms with Crippen molar-refractivity contribution in [1.82, 2.24) is 9.88 Å². The zero-order valence-electron chi connectivity index (χ0n) is 19.0. The number of nitrogens with one attached hydrogen (secondary N) is 1. The Morgan fingerprint density at radius 2 is 1.81 bits per heavy atom. The fraction of sp³-hybridized carbons (Fsp3) is 0.115. The van der Waals surface area contributed by atoms with Gasteiger partial charge in [0.1, 0.15) is 4.32 Å². The fourth-order valence-electron chi connectivity index (χ4n) is 3.17. The molecule has 0 spiro atoms. The summed E-state index contributed by atoms with van der Waals surface area (Å²) in [6, 6.07) is 19.3. The summed E-state index contributed by atoms with van der Waals surface area (Å²) >= 11 is 7.76. The molecule has 2 amide bonds. The van der Waals surface area contributed by atoms with Gasteiger partial charge in [0.2, 0.25) is 0 Å². The second-order valence-corrected chi connectivity index (χ2v) is 10.0. The maximum atomic E-state index is 12.6. The van der Waals surface area contributed by atoms with Gasteiger partial charge in [-0.3, -0.25) is 24.6 Å². The van der Waals surface area contributed by atoms with Crippen LogP contribution in [0.3, 0.4) is 0 Å². The first-order valence-electron chi connectivity index (χ1n) is 10.9. The lowest BCUT2D eigenvalue weighted by atomic mass is 10.2. The Morgan fingerprint density at radius 1 is 1.08 bits per heavy atom. The maximum Gasteiger partial charge on any atom is 0.308 e. The molecule has 10 heteroatoms. The van der Waals surface area contributed by atoms with Crippen LogP contribution in [0.4, 0.5) is 5.13 Å². The van der Waals surface area contributed by atoms with Crippen LogP contribution in [-0.2, 0) is 19.1 Å². The van der Waals surface area contributed by atoms with E-state index in [0.29, 0.717) is 14.4 Å². The number of ether oxygens (including phenoxy) is 1. The molecule has 2 heterocycles. The smallest absolute Gasteiger partial charge is 0.308 e. The highest BCUT2D eigenvalue weighted by Crippen LogP contribution is 2.31. The maximum absolute atomic E-state index is 12.6. The number of esters is 1. The normalized spacial score (nSPS) is 14.6. The van der Waals surface area contributed by atoms with Crippen molar-refractivity contribution < 1.29 is 19.1 Å². The number of anilines is 1. The van der Waals surface area contributed by atoms with E-state index in [0.717, 1.165) is 16.8 Å². The number of hydrogen-bond donors (Lipinski definition) is 1. The lowest BCUT2D eigenvalue weighted by Crippen LogP contribution is -2.31. The van der Waals surface area contributed by atoms with Crippen molar-refractivity contribution in [2.24, 2.45) is 0 Å². The van der Waals surface area contributed by atoms with E-state index in [9.17, 15) is 14.4 Å². The van der Waals surface area contributed by atoms with Gasteiger partial charge in [-0.25, -0.2) is 4.98 Å². The number of thiazole rings is 1. The number of rotatable bonds is 9. The summed E-state index contributed by atoms with van der Waals surface area (Å²) in [4.78, 5) is 43.2. The van der Waals surface area contributed by atoms with Crippen LogP contribution in [0.2, 0.25) is 0 Å². The van der Waals surface area contributed by atoms with Gasteiger partial charge >= 0.3 is 5.97 Å². The number of allylic oxidation sites excluding steroid dienone is 2. The number of benzene rings is 2. The van der Waals surface area contributed by atoms with Gasteiger partial charge in [-0.05, 0) is 11.6 Å². The zero-order chi connectivity index (χ0) is 25.3. The van der Waals surface area contributed by atoms with Gasteiger partial charge in [0.05, 0.1) is 17.0 Å². The molecule has 0 aliphatic carbocycles. The first kappa shape index (κ1) is 25.5. The third-order valence-corrected chi connectivity index (χ3v) is 7.09. The van der Waals surface area contributed by atoms with Crippen LogP contribution in [-0.4, -0.2) is 45.1 Å². The molecule has 1 fully saturated rings. The first-order chi connectivity index (χ1) is 17.5. The highest BCUT2D eigenvalue weighted by atomic mass is 32.2. The van der Waals surface area contributed by atoms with E-state index in [4.69, 9.17) is 17.0 Å². The summed E-state index contributed by atoms with van der Waals surface area (Å²) in [5.74, 6) is -1.35. The molecular weight excluding hydrogens is 515 g/mol. The van der Waals surface area contributed by atoms with E-state index < -0.39 is 18.5 Å². The average molecular weight is 536 g/mol. The molecule has 0 bridgehead atoms. The van der Waals surface area contributed by atoms with Crippen LogP contribution in [0.25, 0.3) is 17.3 Å². The Hall–Kier alpha value is -3.60. The Bertz CT molecular complexity index is 1320. The summed E-state index contributed by atoms with van der Waals surface area (Å²) in [5, 5.41) is 4.88. The Morgan fingerprint density at radius 3 is 2.56 bits per heavy atom. The van der Waals surface area contributed by atoms with E-state index in [1.807, 2.05) is 72.1 Å². The SMILES string of the molecule is O=C(COC(=O)CCN1C(=O)/C(=C\C=C\c2ccccc2)SC1=S)Nc1nc(-c2ccccc2)cs1. The number of amides is 2. The monoisotopic (exact) mass is 535 g/mol. The third kappa shape index (κ3) is 6.97. The van der Waals surface area contributed by atoms with Crippen molar-refractivity contribution in [3.05, 3.63) is 88.7 Å². The van der Waals surface area contributed by atoms with Crippen LogP contribution >= 0.6 is 35.3 Å². The summed E-state index contributed by atoms with van der Waals surface area (Å²) in [6.07, 6.45) is 5.31. The molecule has 1 aromatic heterocycles. The van der Waals surface area contributed by atoms with Gasteiger partial charge < -0.3 is 4.74 Å². The minimum Gasteiger partial charge on any atom is -0.456 e. The van der Waals surface area contributed by atoms with Gasteiger partial charge in [0, 0.05) is 17.5 Å². The molecule has 0 atom stereocenters. The molecular formula is C26H21N3O4S3. The van der Waals surface area contributed by atoms with E-state index in [1.54, 1.807) is 12.2 Å². The second kappa shape index (κ2) is 12.4. The molecule has 1 saturated heterocycles. The van der Waals surface area contributed by atoms with Crippen molar-refractivity contribution in [3.63, 3.8) is 0 Å². The molecule has 0 saturated carbocycles. The first-order valence-corrected chi connectivity index (χ1v) is 13.0. The van der Waals surface area contributed by atoms with E-state index in [2.05, 4.69) is 10.3 Å². The van der Waals surface area contributed by atoms with Crippen molar-refractivity contribution in [1.29, 1.82) is 0 Å². The number of aromatic nitrogens is 1. The lowest BCUT2D eigenvalue weighted by molar-refractivity contribution is -0.147. The quantitative estimate of drug-likeness (QED) is 0.231. The minimum absolute atomic E-state index is 0.0811. The number of thioether (sulfide) groups is 1. The molecule has 2 aromatic carbocycles. The van der Waals surface area contributed by atoms with Gasteiger partial charge in [-0.2, -0.15) is 0 Å². The molecule has 3 aromatic rings. The topological polar surface area (TPSA) is 88.6 Å². The van der Waals surface area contributed by atoms with Crippen LogP contribution in [0, 0.1) is 0 Å². The van der Waals surface area contributed by atoms with Crippen LogP contribution in [0.15, 0.2) is 83.1 Å². The highest BCUT2D eigenvalue weighted by Gasteiger charge is 2.31. The predicted molar refractivity (Wildman–Crippen MR) is 147 cm³/mol. The molecule has 7 nitrogen and oxygen atoms in total. The average Bonchev–Trinajstić information content (AvgIpc) is 3.46. The summed E-state index contributed by atoms with van der Waals surface area (Å²) in [6.45, 7) is -0.362. The number of carbonyl (C=O) groups excluding carboxylic acids is 3. The fourth-order valence-corrected chi connectivity index (χ4v) is 5.16. The van der Waals surface area contributed by atoms with Crippen molar-refractivity contribution in [2.75, 3.05) is 18.5 Å². The predicted octanol–water partition coefficient (Wildman–Crippen LogP) is 5.14. The van der Waals surface area contributed by atoms with Crippen molar-refractivity contribution >= 4 is 68.6 Å². The number of thiocarbonyl (C=S) groups is 1. The Labute approximate surface area is 221 Å². The summed E-state index contributed by atoms with van der Waals surface area (Å²) < 4.78 is 5.43. The molecule has 182 valence electrons. The largest absolute Gasteiger partial charge is 0.456 e. The Balaban J connectivity index is 1.21. The van der Waals surface area contributed by atoms with E-state index in [-0.39, 0.29) is 18.9 Å². The van der Waals surface area contributed by atoms with Crippen LogP contribution in [0.1, 0.15) is 12.0 Å². The number of carbonyl (C=O) groups is 3. The molecule has 0 unspecified atom stereocenters. The van der Waals surface area contributed by atoms with Crippen LogP contribution in [0.5, 0.6) is 0 Å². The molecule has 36 heavy (non-hydrogen) atoms. The van der Waals surface area contributed by atoms with Crippen LogP contribution < -0.4 is 5.32 Å².